The highest BCUT2D eigenvalue weighted by molar-refractivity contribution is 5.75. The molecular formula is C22H42N8O7. The lowest BCUT2D eigenvalue weighted by Gasteiger charge is -2.18. The average molecular weight is 531 g/mol. The Morgan fingerprint density at radius 3 is 2.27 bits per heavy atom. The summed E-state index contributed by atoms with van der Waals surface area (Å²) in [6.45, 7) is 3.34. The molecule has 1 fully saturated rings. The normalized spacial score (nSPS) is 21.7. The van der Waals surface area contributed by atoms with Crippen molar-refractivity contribution in [3.8, 4) is 0 Å². The Morgan fingerprint density at radius 1 is 1.05 bits per heavy atom. The van der Waals surface area contributed by atoms with Crippen LogP contribution in [0.25, 0.3) is 0 Å². The third-order valence-corrected chi connectivity index (χ3v) is 6.20. The van der Waals surface area contributed by atoms with E-state index in [0.29, 0.717) is 32.6 Å². The van der Waals surface area contributed by atoms with E-state index < -0.39 is 42.3 Å². The van der Waals surface area contributed by atoms with Gasteiger partial charge < -0.3 is 31.1 Å². The summed E-state index contributed by atoms with van der Waals surface area (Å²) in [4.78, 5) is 38.7. The summed E-state index contributed by atoms with van der Waals surface area (Å²) in [5.41, 5.74) is 3.88. The van der Waals surface area contributed by atoms with Gasteiger partial charge in [-0.2, -0.15) is 0 Å². The molecule has 0 saturated carbocycles. The fraction of sp³-hybridized carbons (Fsp3) is 0.773. The maximum absolute atomic E-state index is 12.2. The van der Waals surface area contributed by atoms with Crippen molar-refractivity contribution >= 4 is 5.91 Å². The van der Waals surface area contributed by atoms with Crippen LogP contribution in [0.5, 0.6) is 0 Å². The first-order valence-electron chi connectivity index (χ1n) is 12.6. The molecule has 1 unspecified atom stereocenters. The summed E-state index contributed by atoms with van der Waals surface area (Å²) in [6.07, 6.45) is -0.599. The van der Waals surface area contributed by atoms with E-state index in [-0.39, 0.29) is 24.4 Å². The number of carbonyl (C=O) groups is 1. The fourth-order valence-corrected chi connectivity index (χ4v) is 4.02. The molecule has 1 amide bonds. The first-order chi connectivity index (χ1) is 17.7. The molecule has 11 N–H and O–H groups in total. The molecule has 37 heavy (non-hydrogen) atoms. The van der Waals surface area contributed by atoms with Crippen LogP contribution < -0.4 is 34.0 Å². The number of hydrazine groups is 2. The van der Waals surface area contributed by atoms with E-state index in [1.54, 1.807) is 10.0 Å². The van der Waals surface area contributed by atoms with Crippen LogP contribution in [0.15, 0.2) is 15.8 Å². The van der Waals surface area contributed by atoms with Crippen molar-refractivity contribution in [1.82, 2.24) is 24.9 Å². The van der Waals surface area contributed by atoms with Crippen molar-refractivity contribution < 1.29 is 24.9 Å². The number of aromatic amines is 1. The second-order valence-electron chi connectivity index (χ2n) is 9.17. The topological polar surface area (TPSA) is 238 Å². The predicted molar refractivity (Wildman–Crippen MR) is 135 cm³/mol. The minimum Gasteiger partial charge on any atom is -0.394 e. The van der Waals surface area contributed by atoms with Crippen LogP contribution in [-0.2, 0) is 16.1 Å². The molecule has 1 aromatic rings. The van der Waals surface area contributed by atoms with Crippen LogP contribution in [0.3, 0.4) is 0 Å². The zero-order chi connectivity index (χ0) is 27.4. The van der Waals surface area contributed by atoms with Crippen molar-refractivity contribution in [2.75, 3.05) is 45.9 Å². The Labute approximate surface area is 215 Å². The van der Waals surface area contributed by atoms with Crippen LogP contribution in [0.2, 0.25) is 0 Å². The van der Waals surface area contributed by atoms with Gasteiger partial charge in [0.05, 0.1) is 12.2 Å². The molecule has 4 atom stereocenters. The van der Waals surface area contributed by atoms with E-state index in [1.165, 1.54) is 6.20 Å². The molecule has 0 aliphatic carbocycles. The molecule has 15 nitrogen and oxygen atoms in total. The Morgan fingerprint density at radius 2 is 1.68 bits per heavy atom. The van der Waals surface area contributed by atoms with E-state index in [1.807, 2.05) is 0 Å². The van der Waals surface area contributed by atoms with Gasteiger partial charge in [0, 0.05) is 51.9 Å². The number of carbonyl (C=O) groups excluding carboxylic acids is 1. The Bertz CT molecular complexity index is 942. The molecule has 2 rings (SSSR count). The lowest BCUT2D eigenvalue weighted by molar-refractivity contribution is -0.121. The number of aliphatic hydroxyl groups excluding tert-OH is 3. The van der Waals surface area contributed by atoms with Crippen molar-refractivity contribution in [2.24, 2.45) is 17.4 Å². The average Bonchev–Trinajstić information content (AvgIpc) is 3.16. The number of nitrogens with one attached hydrogen (secondary N) is 2. The molecule has 212 valence electrons. The number of amides is 1. The number of rotatable bonds is 17. The zero-order valence-electron chi connectivity index (χ0n) is 21.1. The number of hydrogen-bond acceptors (Lipinski definition) is 12. The Hall–Kier alpha value is -2.21. The predicted octanol–water partition coefficient (Wildman–Crippen LogP) is -3.93. The first kappa shape index (κ1) is 31.0. The van der Waals surface area contributed by atoms with Crippen LogP contribution >= 0.6 is 0 Å². The van der Waals surface area contributed by atoms with Gasteiger partial charge in [0.15, 0.2) is 0 Å². The van der Waals surface area contributed by atoms with Crippen molar-refractivity contribution in [3.05, 3.63) is 32.6 Å². The molecule has 0 spiro atoms. The van der Waals surface area contributed by atoms with Gasteiger partial charge in [-0.15, -0.1) is 0 Å². The quantitative estimate of drug-likeness (QED) is 0.0547. The highest BCUT2D eigenvalue weighted by atomic mass is 16.6. The summed E-state index contributed by atoms with van der Waals surface area (Å²) >= 11 is 0. The van der Waals surface area contributed by atoms with Gasteiger partial charge in [-0.25, -0.2) is 14.8 Å². The van der Waals surface area contributed by atoms with Gasteiger partial charge in [0.2, 0.25) is 5.91 Å². The number of aryl methyl sites for hydroxylation is 1. The number of H-pyrrole nitrogens is 1. The van der Waals surface area contributed by atoms with E-state index in [4.69, 9.17) is 22.2 Å². The first-order valence-corrected chi connectivity index (χ1v) is 12.6. The van der Waals surface area contributed by atoms with Crippen molar-refractivity contribution in [1.29, 1.82) is 0 Å². The third kappa shape index (κ3) is 9.88. The molecular weight excluding hydrogens is 488 g/mol. The number of nitrogens with two attached hydrogens (primary N) is 3. The molecule has 0 bridgehead atoms. The summed E-state index contributed by atoms with van der Waals surface area (Å²) in [5.74, 6) is 11.6. The molecule has 0 radical (unpaired) electrons. The van der Waals surface area contributed by atoms with Crippen LogP contribution in [0.1, 0.15) is 43.8 Å². The minimum absolute atomic E-state index is 0.0182. The minimum atomic E-state index is -1.45. The molecule has 15 heteroatoms. The fourth-order valence-electron chi connectivity index (χ4n) is 4.02. The van der Waals surface area contributed by atoms with E-state index in [9.17, 15) is 29.7 Å². The highest BCUT2D eigenvalue weighted by Gasteiger charge is 2.44. The number of aromatic nitrogens is 2. The van der Waals surface area contributed by atoms with Gasteiger partial charge in [-0.1, -0.05) is 0 Å². The molecule has 1 aliphatic rings. The summed E-state index contributed by atoms with van der Waals surface area (Å²) in [6, 6.07) is 0. The number of ether oxygens (including phenoxy) is 1. The Balaban J connectivity index is 1.71. The second-order valence-corrected chi connectivity index (χ2v) is 9.17. The van der Waals surface area contributed by atoms with Crippen LogP contribution in [0.4, 0.5) is 0 Å². The molecule has 0 aromatic carbocycles. The summed E-state index contributed by atoms with van der Waals surface area (Å²) in [5, 5.41) is 35.6. The highest BCUT2D eigenvalue weighted by Crippen LogP contribution is 2.31. The maximum atomic E-state index is 12.2. The van der Waals surface area contributed by atoms with E-state index in [0.717, 1.165) is 36.9 Å². The zero-order valence-corrected chi connectivity index (χ0v) is 21.1. The van der Waals surface area contributed by atoms with Crippen LogP contribution in [-0.4, -0.2) is 105 Å². The number of nitrogens with zero attached hydrogens (tertiary/aromatic N) is 3. The summed E-state index contributed by atoms with van der Waals surface area (Å²) in [7, 11) is 0. The lowest BCUT2D eigenvalue weighted by Crippen LogP contribution is -2.37. The van der Waals surface area contributed by atoms with Gasteiger partial charge in [-0.05, 0) is 32.2 Å². The van der Waals surface area contributed by atoms with Crippen molar-refractivity contribution in [3.63, 3.8) is 0 Å². The lowest BCUT2D eigenvalue weighted by atomic mass is 10.0. The summed E-state index contributed by atoms with van der Waals surface area (Å²) < 4.78 is 6.50. The monoisotopic (exact) mass is 530 g/mol. The number of unbranched alkanes of at least 4 members (excludes halogenated alkanes) is 1. The van der Waals surface area contributed by atoms with E-state index in [2.05, 4.69) is 10.3 Å². The molecule has 1 aliphatic heterocycles. The van der Waals surface area contributed by atoms with Gasteiger partial charge >= 0.3 is 5.69 Å². The molecule has 1 saturated heterocycles. The van der Waals surface area contributed by atoms with Crippen LogP contribution in [0, 0.1) is 0 Å². The number of aliphatic hydroxyl groups is 3. The largest absolute Gasteiger partial charge is 0.394 e. The van der Waals surface area contributed by atoms with Gasteiger partial charge in [0.25, 0.3) is 5.56 Å². The molecule has 2 heterocycles. The SMILES string of the molecule is NCCCN(N)CCCCN(N)CCCNC(=O)CCn1cc([C@@H]2O[C@H](CO)C(O)[C@@H]2O)c(=O)[nH]c1=O. The second kappa shape index (κ2) is 15.9. The number of hydrogen-bond donors (Lipinski definition) is 8. The smallest absolute Gasteiger partial charge is 0.328 e. The van der Waals surface area contributed by atoms with E-state index >= 15 is 0 Å². The standard InChI is InChI=1S/C22H42N8O7/c23-6-3-10-29(24)8-1-2-9-30(25)11-4-7-26-17(32)5-12-28-13-15(21(35)27-22(28)36)20-19(34)18(33)16(14-31)37-20/h13,16,18-20,31,33-34H,1-12,14,23-25H2,(H,26,32)(H,27,35,36)/t16-,18?,19+,20+/m1/s1. The van der Waals surface area contributed by atoms with Gasteiger partial charge in [0.1, 0.15) is 24.4 Å². The van der Waals surface area contributed by atoms with Crippen molar-refractivity contribution in [2.45, 2.75) is 63.1 Å². The maximum Gasteiger partial charge on any atom is 0.328 e. The van der Waals surface area contributed by atoms with Gasteiger partial charge in [-0.3, -0.25) is 30.8 Å². The molecule has 1 aromatic heterocycles. The third-order valence-electron chi connectivity index (χ3n) is 6.20. The Kier molecular flexibility index (Phi) is 13.3.